The van der Waals surface area contributed by atoms with Crippen molar-refractivity contribution in [1.29, 1.82) is 0 Å². The molecule has 1 aliphatic heterocycles. The zero-order chi connectivity index (χ0) is 24.9. The number of sulfone groups is 1. The maximum absolute atomic E-state index is 14.7. The number of benzene rings is 2. The Balaban J connectivity index is 1.44. The largest absolute Gasteiger partial charge is 0.493 e. The van der Waals surface area contributed by atoms with Gasteiger partial charge in [-0.3, -0.25) is 4.40 Å². The van der Waals surface area contributed by atoms with Crippen LogP contribution in [-0.2, 0) is 22.8 Å². The van der Waals surface area contributed by atoms with Crippen molar-refractivity contribution in [1.82, 2.24) is 19.4 Å². The lowest BCUT2D eigenvalue weighted by atomic mass is 10.0. The molecule has 0 fully saturated rings. The fourth-order valence-electron chi connectivity index (χ4n) is 4.41. The fourth-order valence-corrected chi connectivity index (χ4v) is 5.04. The summed E-state index contributed by atoms with van der Waals surface area (Å²) >= 11 is 0. The highest BCUT2D eigenvalue weighted by Crippen LogP contribution is 2.34. The number of fused-ring (bicyclic) bond motifs is 2. The summed E-state index contributed by atoms with van der Waals surface area (Å²) in [6.45, 7) is 0.734. The van der Waals surface area contributed by atoms with E-state index in [4.69, 9.17) is 9.15 Å². The Bertz CT molecular complexity index is 1700. The van der Waals surface area contributed by atoms with Crippen molar-refractivity contribution in [2.75, 3.05) is 18.2 Å². The predicted molar refractivity (Wildman–Crippen MR) is 130 cm³/mol. The zero-order valence-electron chi connectivity index (χ0n) is 19.1. The Morgan fingerprint density at radius 2 is 1.94 bits per heavy atom. The fraction of sp³-hybridized carbons (Fsp3) is 0.160. The summed E-state index contributed by atoms with van der Waals surface area (Å²) in [6, 6.07) is 9.60. The minimum absolute atomic E-state index is 0.204. The van der Waals surface area contributed by atoms with Crippen molar-refractivity contribution in [3.63, 3.8) is 0 Å². The molecule has 5 aromatic rings. The first-order valence-electron chi connectivity index (χ1n) is 11.1. The van der Waals surface area contributed by atoms with Gasteiger partial charge in [-0.05, 0) is 29.8 Å². The molecule has 36 heavy (non-hydrogen) atoms. The van der Waals surface area contributed by atoms with Gasteiger partial charge in [0.2, 0.25) is 11.8 Å². The second kappa shape index (κ2) is 8.45. The topological polar surface area (TPSA) is 112 Å². The number of anilines is 1. The van der Waals surface area contributed by atoms with Crippen molar-refractivity contribution in [2.45, 2.75) is 17.9 Å². The van der Waals surface area contributed by atoms with E-state index in [0.717, 1.165) is 17.4 Å². The second-order valence-corrected chi connectivity index (χ2v) is 10.4. The van der Waals surface area contributed by atoms with E-state index in [-0.39, 0.29) is 17.3 Å². The van der Waals surface area contributed by atoms with E-state index in [1.54, 1.807) is 47.3 Å². The SMILES string of the molecule is CS(=O)(=O)c1ccc(-c2cnc(NCc3c(F)ccc4c3CCO4)n3cnc(-c4ncco4)c23)cc1. The number of hydrogen-bond acceptors (Lipinski definition) is 8. The molecule has 4 heterocycles. The highest BCUT2D eigenvalue weighted by molar-refractivity contribution is 7.90. The van der Waals surface area contributed by atoms with Crippen LogP contribution in [-0.4, -0.2) is 40.6 Å². The number of ether oxygens (including phenoxy) is 1. The quantitative estimate of drug-likeness (QED) is 0.367. The van der Waals surface area contributed by atoms with Crippen molar-refractivity contribution in [2.24, 2.45) is 0 Å². The molecular weight excluding hydrogens is 485 g/mol. The molecule has 0 radical (unpaired) electrons. The van der Waals surface area contributed by atoms with Crippen LogP contribution >= 0.6 is 0 Å². The molecule has 182 valence electrons. The van der Waals surface area contributed by atoms with E-state index in [0.29, 0.717) is 53.0 Å². The van der Waals surface area contributed by atoms with Crippen LogP contribution in [0.2, 0.25) is 0 Å². The number of halogens is 1. The highest BCUT2D eigenvalue weighted by atomic mass is 32.2. The standard InChI is InChI=1S/C25H20FN5O4S/c1-36(32,33)16-4-2-15(3-5-16)18-12-28-25(31-14-30-22(23(18)31)24-27-9-11-35-24)29-13-19-17-8-10-34-21(17)7-6-20(19)26/h2-7,9,11-12,14H,8,10,13H2,1H3,(H,28,29). The number of oxazole rings is 1. The zero-order valence-corrected chi connectivity index (χ0v) is 19.9. The predicted octanol–water partition coefficient (Wildman–Crippen LogP) is 4.14. The number of nitrogens with one attached hydrogen (secondary N) is 1. The second-order valence-electron chi connectivity index (χ2n) is 8.40. The number of nitrogens with zero attached hydrogens (tertiary/aromatic N) is 4. The molecule has 2 aromatic carbocycles. The van der Waals surface area contributed by atoms with Gasteiger partial charge in [0.25, 0.3) is 0 Å². The van der Waals surface area contributed by atoms with Gasteiger partial charge in [-0.2, -0.15) is 0 Å². The molecule has 0 aliphatic carbocycles. The van der Waals surface area contributed by atoms with Gasteiger partial charge in [-0.25, -0.2) is 27.8 Å². The van der Waals surface area contributed by atoms with Gasteiger partial charge >= 0.3 is 0 Å². The van der Waals surface area contributed by atoms with Crippen LogP contribution in [0, 0.1) is 5.82 Å². The Kier molecular flexibility index (Phi) is 5.22. The van der Waals surface area contributed by atoms with E-state index >= 15 is 0 Å². The molecular formula is C25H20FN5O4S. The monoisotopic (exact) mass is 505 g/mol. The summed E-state index contributed by atoms with van der Waals surface area (Å²) in [5, 5.41) is 3.23. The average molecular weight is 506 g/mol. The van der Waals surface area contributed by atoms with Gasteiger partial charge in [-0.15, -0.1) is 0 Å². The molecule has 0 bridgehead atoms. The van der Waals surface area contributed by atoms with E-state index < -0.39 is 9.84 Å². The summed E-state index contributed by atoms with van der Waals surface area (Å²) in [6.07, 6.45) is 8.06. The molecule has 11 heteroatoms. The first-order valence-corrected chi connectivity index (χ1v) is 13.0. The first-order chi connectivity index (χ1) is 17.4. The van der Waals surface area contributed by atoms with Gasteiger partial charge in [0.1, 0.15) is 24.2 Å². The van der Waals surface area contributed by atoms with Crippen molar-refractivity contribution < 1.29 is 22.0 Å². The van der Waals surface area contributed by atoms with E-state index in [2.05, 4.69) is 20.3 Å². The van der Waals surface area contributed by atoms with E-state index in [9.17, 15) is 12.8 Å². The number of hydrogen-bond donors (Lipinski definition) is 1. The summed E-state index contributed by atoms with van der Waals surface area (Å²) in [5.74, 6) is 1.17. The van der Waals surface area contributed by atoms with Crippen molar-refractivity contribution >= 4 is 21.3 Å². The van der Waals surface area contributed by atoms with Crippen LogP contribution in [0.15, 0.2) is 70.7 Å². The van der Waals surface area contributed by atoms with Crippen molar-refractivity contribution in [3.8, 4) is 28.5 Å². The van der Waals surface area contributed by atoms with Crippen LogP contribution in [0.25, 0.3) is 28.2 Å². The van der Waals surface area contributed by atoms with Gasteiger partial charge in [0.05, 0.1) is 23.2 Å². The molecule has 0 saturated carbocycles. The van der Waals surface area contributed by atoms with Gasteiger partial charge in [0, 0.05) is 42.1 Å². The summed E-state index contributed by atoms with van der Waals surface area (Å²) in [7, 11) is -3.33. The lowest BCUT2D eigenvalue weighted by molar-refractivity contribution is 0.356. The molecule has 3 aromatic heterocycles. The molecule has 0 atom stereocenters. The molecule has 9 nitrogen and oxygen atoms in total. The normalized spacial score (nSPS) is 13.1. The third kappa shape index (κ3) is 3.77. The molecule has 0 spiro atoms. The molecule has 0 saturated heterocycles. The number of rotatable bonds is 6. The summed E-state index contributed by atoms with van der Waals surface area (Å²) in [5.41, 5.74) is 3.98. The molecule has 0 amide bonds. The van der Waals surface area contributed by atoms with Crippen LogP contribution in [0.4, 0.5) is 10.3 Å². The minimum atomic E-state index is -3.33. The third-order valence-corrected chi connectivity index (χ3v) is 7.29. The van der Waals surface area contributed by atoms with Gasteiger partial charge in [0.15, 0.2) is 15.5 Å². The maximum Gasteiger partial charge on any atom is 0.247 e. The third-order valence-electron chi connectivity index (χ3n) is 6.16. The van der Waals surface area contributed by atoms with Crippen LogP contribution in [0.5, 0.6) is 5.75 Å². The Labute approximate surface area is 205 Å². The van der Waals surface area contributed by atoms with E-state index in [1.807, 2.05) is 0 Å². The number of imidazole rings is 1. The number of aromatic nitrogens is 4. The molecule has 6 rings (SSSR count). The average Bonchev–Trinajstić information content (AvgIpc) is 3.63. The molecule has 1 aliphatic rings. The van der Waals surface area contributed by atoms with Gasteiger partial charge in [-0.1, -0.05) is 12.1 Å². The van der Waals surface area contributed by atoms with Crippen LogP contribution in [0.3, 0.4) is 0 Å². The van der Waals surface area contributed by atoms with E-state index in [1.165, 1.54) is 18.5 Å². The Hall–Kier alpha value is -4.25. The Morgan fingerprint density at radius 1 is 1.11 bits per heavy atom. The lowest BCUT2D eigenvalue weighted by Gasteiger charge is -2.14. The summed E-state index contributed by atoms with van der Waals surface area (Å²) < 4.78 is 51.3. The summed E-state index contributed by atoms with van der Waals surface area (Å²) in [4.78, 5) is 13.5. The van der Waals surface area contributed by atoms with Crippen molar-refractivity contribution in [3.05, 3.63) is 78.3 Å². The minimum Gasteiger partial charge on any atom is -0.493 e. The Morgan fingerprint density at radius 3 is 2.69 bits per heavy atom. The van der Waals surface area contributed by atoms with Gasteiger partial charge < -0.3 is 14.5 Å². The highest BCUT2D eigenvalue weighted by Gasteiger charge is 2.22. The first kappa shape index (κ1) is 22.2. The van der Waals surface area contributed by atoms with Crippen LogP contribution < -0.4 is 10.1 Å². The smallest absolute Gasteiger partial charge is 0.247 e. The maximum atomic E-state index is 14.7. The van der Waals surface area contributed by atoms with Crippen LogP contribution in [0.1, 0.15) is 11.1 Å². The lowest BCUT2D eigenvalue weighted by Crippen LogP contribution is -2.09. The molecule has 1 N–H and O–H groups in total. The molecule has 0 unspecified atom stereocenters.